The predicted molar refractivity (Wildman–Crippen MR) is 197 cm³/mol. The molecule has 2 heterocycles. The third kappa shape index (κ3) is 5.00. The summed E-state index contributed by atoms with van der Waals surface area (Å²) in [6.07, 6.45) is 0. The molecule has 9 aromatic rings. The number of rotatable bonds is 5. The molecule has 0 amide bonds. The van der Waals surface area contributed by atoms with Gasteiger partial charge in [-0.2, -0.15) is 5.26 Å². The predicted octanol–water partition coefficient (Wildman–Crippen LogP) is 11.1. The van der Waals surface area contributed by atoms with Gasteiger partial charge in [0.1, 0.15) is 11.2 Å². The average Bonchev–Trinajstić information content (AvgIpc) is 3.56. The van der Waals surface area contributed by atoms with Crippen LogP contribution in [-0.2, 0) is 0 Å². The normalized spacial score (nSPS) is 11.5. The minimum Gasteiger partial charge on any atom is -0.456 e. The molecule has 0 N–H and O–H groups in total. The molecule has 0 bridgehead atoms. The number of nitrogens with zero attached hydrogens (tertiary/aromatic N) is 4. The number of hydrogen-bond donors (Lipinski definition) is 0. The second-order valence-electron chi connectivity index (χ2n) is 11.9. The summed E-state index contributed by atoms with van der Waals surface area (Å²) in [5.74, 6) is 1.54. The first-order valence-electron chi connectivity index (χ1n) is 16.5. The Morgan fingerprint density at radius 2 is 1.06 bits per heavy atom. The van der Waals surface area contributed by atoms with Gasteiger partial charge in [0, 0.05) is 27.5 Å². The molecule has 0 unspecified atom stereocenters. The van der Waals surface area contributed by atoms with Gasteiger partial charge in [-0.3, -0.25) is 0 Å². The van der Waals surface area contributed by atoms with E-state index in [0.29, 0.717) is 29.1 Å². The van der Waals surface area contributed by atoms with Crippen molar-refractivity contribution in [3.05, 3.63) is 163 Å². The highest BCUT2D eigenvalue weighted by Crippen LogP contribution is 2.39. The summed E-state index contributed by atoms with van der Waals surface area (Å²) in [6.45, 7) is 0. The summed E-state index contributed by atoms with van der Waals surface area (Å²) in [7, 11) is 0. The first kappa shape index (κ1) is 27.2. The third-order valence-corrected chi connectivity index (χ3v) is 8.90. The SMILES string of the molecule is [2H]c1cccc(-c2nc(-c3cccc(-c4ccc(-c5cccc(C#N)c5)c5ccccc45)c3)nc(-c3cccc4oc5ccccc5c34)n2)c1. The lowest BCUT2D eigenvalue weighted by Crippen LogP contribution is -2.00. The van der Waals surface area contributed by atoms with E-state index in [0.717, 1.165) is 71.7 Å². The molecule has 0 aliphatic carbocycles. The molecule has 0 spiro atoms. The van der Waals surface area contributed by atoms with Gasteiger partial charge in [-0.05, 0) is 63.4 Å². The zero-order chi connectivity index (χ0) is 33.6. The van der Waals surface area contributed by atoms with Gasteiger partial charge in [-0.25, -0.2) is 15.0 Å². The van der Waals surface area contributed by atoms with Crippen LogP contribution < -0.4 is 0 Å². The molecule has 0 aliphatic rings. The van der Waals surface area contributed by atoms with Crippen LogP contribution in [0.5, 0.6) is 0 Å². The minimum absolute atomic E-state index is 0.380. The summed E-state index contributed by atoms with van der Waals surface area (Å²) in [4.78, 5) is 15.1. The van der Waals surface area contributed by atoms with E-state index in [2.05, 4.69) is 54.6 Å². The van der Waals surface area contributed by atoms with Crippen LogP contribution in [0.25, 0.3) is 89.1 Å². The van der Waals surface area contributed by atoms with E-state index in [1.807, 2.05) is 91.0 Å². The smallest absolute Gasteiger partial charge is 0.164 e. The number of nitriles is 1. The van der Waals surface area contributed by atoms with Gasteiger partial charge in [0.15, 0.2) is 17.5 Å². The molecule has 9 rings (SSSR count). The van der Waals surface area contributed by atoms with Crippen molar-refractivity contribution in [1.82, 2.24) is 15.0 Å². The zero-order valence-corrected chi connectivity index (χ0v) is 26.1. The van der Waals surface area contributed by atoms with Crippen molar-refractivity contribution in [3.63, 3.8) is 0 Å². The minimum atomic E-state index is 0.380. The van der Waals surface area contributed by atoms with Gasteiger partial charge in [0.05, 0.1) is 13.0 Å². The molecule has 49 heavy (non-hydrogen) atoms. The fourth-order valence-corrected chi connectivity index (χ4v) is 6.63. The van der Waals surface area contributed by atoms with Gasteiger partial charge >= 0.3 is 0 Å². The highest BCUT2D eigenvalue weighted by molar-refractivity contribution is 6.12. The van der Waals surface area contributed by atoms with Crippen molar-refractivity contribution in [3.8, 4) is 62.5 Å². The molecule has 5 heteroatoms. The lowest BCUT2D eigenvalue weighted by Gasteiger charge is -2.13. The van der Waals surface area contributed by atoms with Gasteiger partial charge in [-0.15, -0.1) is 0 Å². The Morgan fingerprint density at radius 3 is 1.84 bits per heavy atom. The summed E-state index contributed by atoms with van der Waals surface area (Å²) < 4.78 is 14.5. The Hall–Kier alpha value is -6.90. The van der Waals surface area contributed by atoms with Crippen LogP contribution in [-0.4, -0.2) is 15.0 Å². The highest BCUT2D eigenvalue weighted by Gasteiger charge is 2.18. The molecule has 0 radical (unpaired) electrons. The van der Waals surface area contributed by atoms with Crippen LogP contribution in [0.15, 0.2) is 162 Å². The van der Waals surface area contributed by atoms with Crippen LogP contribution in [0.1, 0.15) is 6.93 Å². The fourth-order valence-electron chi connectivity index (χ4n) is 6.63. The standard InChI is InChI=1S/C44H26N4O/c45-27-28-11-8-14-30(25-28)33-23-24-34(36-18-5-4-17-35(33)36)31-15-9-16-32(26-31)43-46-42(29-12-2-1-3-13-29)47-44(48-43)38-20-10-22-40-41(38)37-19-6-7-21-39(37)49-40/h1-26H/i2D. The van der Waals surface area contributed by atoms with E-state index in [4.69, 9.17) is 20.7 Å². The van der Waals surface area contributed by atoms with Crippen LogP contribution in [0.2, 0.25) is 0 Å². The van der Waals surface area contributed by atoms with E-state index in [-0.39, 0.29) is 0 Å². The quantitative estimate of drug-likeness (QED) is 0.190. The molecular formula is C44H26N4O. The molecule has 0 saturated heterocycles. The molecule has 2 aromatic heterocycles. The van der Waals surface area contributed by atoms with Crippen LogP contribution >= 0.6 is 0 Å². The number of furan rings is 1. The number of benzene rings is 7. The number of hydrogen-bond acceptors (Lipinski definition) is 5. The second kappa shape index (κ2) is 11.7. The first-order valence-corrected chi connectivity index (χ1v) is 16.0. The number of aromatic nitrogens is 3. The highest BCUT2D eigenvalue weighted by atomic mass is 16.3. The van der Waals surface area contributed by atoms with Gasteiger partial charge in [0.2, 0.25) is 0 Å². The Morgan fingerprint density at radius 1 is 0.469 bits per heavy atom. The molecule has 228 valence electrons. The van der Waals surface area contributed by atoms with Crippen molar-refractivity contribution in [2.45, 2.75) is 0 Å². The van der Waals surface area contributed by atoms with E-state index in [9.17, 15) is 5.26 Å². The second-order valence-corrected chi connectivity index (χ2v) is 11.9. The maximum absolute atomic E-state index is 9.51. The summed E-state index contributed by atoms with van der Waals surface area (Å²) >= 11 is 0. The number of fused-ring (bicyclic) bond motifs is 4. The summed E-state index contributed by atoms with van der Waals surface area (Å²) in [6, 6.07) is 52.5. The molecule has 0 atom stereocenters. The maximum Gasteiger partial charge on any atom is 0.164 e. The maximum atomic E-state index is 9.51. The zero-order valence-electron chi connectivity index (χ0n) is 27.1. The van der Waals surface area contributed by atoms with Gasteiger partial charge in [-0.1, -0.05) is 127 Å². The monoisotopic (exact) mass is 627 g/mol. The van der Waals surface area contributed by atoms with E-state index < -0.39 is 0 Å². The largest absolute Gasteiger partial charge is 0.456 e. The first-order chi connectivity index (χ1) is 24.6. The molecular weight excluding hydrogens is 601 g/mol. The fraction of sp³-hybridized carbons (Fsp3) is 0. The van der Waals surface area contributed by atoms with Gasteiger partial charge < -0.3 is 4.42 Å². The van der Waals surface area contributed by atoms with Gasteiger partial charge in [0.25, 0.3) is 0 Å². The molecule has 5 nitrogen and oxygen atoms in total. The van der Waals surface area contributed by atoms with Crippen LogP contribution in [0.4, 0.5) is 0 Å². The van der Waals surface area contributed by atoms with Crippen LogP contribution in [0.3, 0.4) is 0 Å². The molecule has 0 fully saturated rings. The van der Waals surface area contributed by atoms with Crippen LogP contribution in [0, 0.1) is 11.3 Å². The summed E-state index contributed by atoms with van der Waals surface area (Å²) in [5, 5.41) is 13.7. The Balaban J connectivity index is 1.22. The van der Waals surface area contributed by atoms with E-state index in [1.54, 1.807) is 12.1 Å². The average molecular weight is 628 g/mol. The molecule has 7 aromatic carbocycles. The topological polar surface area (TPSA) is 75.6 Å². The van der Waals surface area contributed by atoms with Crippen molar-refractivity contribution >= 4 is 32.7 Å². The third-order valence-electron chi connectivity index (χ3n) is 8.90. The van der Waals surface area contributed by atoms with E-state index in [1.165, 1.54) is 0 Å². The molecule has 0 saturated carbocycles. The lowest BCUT2D eigenvalue weighted by molar-refractivity contribution is 0.669. The van der Waals surface area contributed by atoms with Crippen molar-refractivity contribution in [1.29, 1.82) is 5.26 Å². The molecule has 0 aliphatic heterocycles. The lowest BCUT2D eigenvalue weighted by atomic mass is 9.91. The van der Waals surface area contributed by atoms with E-state index >= 15 is 0 Å². The Labute approximate surface area is 283 Å². The van der Waals surface area contributed by atoms with Crippen molar-refractivity contribution in [2.75, 3.05) is 0 Å². The Kier molecular flexibility index (Phi) is 6.51. The van der Waals surface area contributed by atoms with Crippen molar-refractivity contribution in [2.24, 2.45) is 0 Å². The Bertz CT molecular complexity index is 2810. The van der Waals surface area contributed by atoms with Crippen molar-refractivity contribution < 1.29 is 5.79 Å². The summed E-state index contributed by atoms with van der Waals surface area (Å²) in [5.41, 5.74) is 8.79. The number of para-hydroxylation sites is 1.